The van der Waals surface area contributed by atoms with Gasteiger partial charge in [0.05, 0.1) is 17.6 Å². The third-order valence-electron chi connectivity index (χ3n) is 3.90. The van der Waals surface area contributed by atoms with E-state index in [0.717, 1.165) is 46.2 Å². The Morgan fingerprint density at radius 2 is 2.00 bits per heavy atom. The summed E-state index contributed by atoms with van der Waals surface area (Å²) in [6, 6.07) is 0.428. The lowest BCUT2D eigenvalue weighted by molar-refractivity contribution is 0.547. The summed E-state index contributed by atoms with van der Waals surface area (Å²) in [4.78, 5) is 14.8. The van der Waals surface area contributed by atoms with Crippen molar-refractivity contribution in [3.63, 3.8) is 0 Å². The van der Waals surface area contributed by atoms with E-state index in [-0.39, 0.29) is 0 Å². The van der Waals surface area contributed by atoms with E-state index in [2.05, 4.69) is 37.2 Å². The second kappa shape index (κ2) is 5.20. The monoisotopic (exact) mass is 334 g/mol. The summed E-state index contributed by atoms with van der Waals surface area (Å²) in [5.41, 5.74) is 2.12. The van der Waals surface area contributed by atoms with E-state index in [1.807, 2.05) is 24.6 Å². The third kappa shape index (κ3) is 2.36. The molecule has 0 saturated carbocycles. The smallest absolute Gasteiger partial charge is 0.214 e. The molecule has 3 aromatic heterocycles. The Balaban J connectivity index is 1.52. The van der Waals surface area contributed by atoms with Crippen molar-refractivity contribution < 1.29 is 0 Å². The molecule has 0 aliphatic carbocycles. The zero-order chi connectivity index (χ0) is 15.3. The topological polar surface area (TPSA) is 49.6 Å². The number of hydrogen-bond donors (Lipinski definition) is 0. The van der Waals surface area contributed by atoms with E-state index in [0.29, 0.717) is 6.04 Å². The van der Waals surface area contributed by atoms with Crippen LogP contribution in [-0.4, -0.2) is 45.3 Å². The molecule has 8 heteroatoms. The molecule has 0 bridgehead atoms. The largest absolute Gasteiger partial charge is 0.343 e. The summed E-state index contributed by atoms with van der Waals surface area (Å²) >= 11 is 3.40. The second-order valence-corrected chi connectivity index (χ2v) is 7.52. The molecule has 116 valence electrons. The van der Waals surface area contributed by atoms with Gasteiger partial charge in [0.15, 0.2) is 5.13 Å². The van der Waals surface area contributed by atoms with Crippen molar-refractivity contribution in [3.05, 3.63) is 23.0 Å². The maximum atomic E-state index is 4.66. The van der Waals surface area contributed by atoms with Gasteiger partial charge in [-0.25, -0.2) is 14.5 Å². The van der Waals surface area contributed by atoms with Crippen LogP contribution in [-0.2, 0) is 0 Å². The predicted octanol–water partition coefficient (Wildman–Crippen LogP) is 2.58. The fourth-order valence-electron chi connectivity index (χ4n) is 2.82. The van der Waals surface area contributed by atoms with Crippen LogP contribution in [0.15, 0.2) is 11.6 Å². The van der Waals surface area contributed by atoms with Crippen LogP contribution in [0.2, 0.25) is 0 Å². The molecule has 4 rings (SSSR count). The molecule has 22 heavy (non-hydrogen) atoms. The first-order valence-corrected chi connectivity index (χ1v) is 9.06. The number of nitrogens with zero attached hydrogens (tertiary/aromatic N) is 6. The molecule has 3 aromatic rings. The van der Waals surface area contributed by atoms with Crippen molar-refractivity contribution in [2.24, 2.45) is 0 Å². The highest BCUT2D eigenvalue weighted by Crippen LogP contribution is 2.29. The lowest BCUT2D eigenvalue weighted by Gasteiger charge is -2.39. The second-order valence-electron chi connectivity index (χ2n) is 5.75. The Hall–Kier alpha value is -1.67. The third-order valence-corrected chi connectivity index (χ3v) is 5.88. The van der Waals surface area contributed by atoms with Gasteiger partial charge in [-0.3, -0.25) is 0 Å². The van der Waals surface area contributed by atoms with Crippen LogP contribution in [0.1, 0.15) is 18.3 Å². The number of piperazine rings is 1. The molecule has 1 aliphatic rings. The summed E-state index contributed by atoms with van der Waals surface area (Å²) in [7, 11) is 0. The van der Waals surface area contributed by atoms with Gasteiger partial charge in [0, 0.05) is 31.1 Å². The van der Waals surface area contributed by atoms with Crippen LogP contribution in [0.4, 0.5) is 10.3 Å². The van der Waals surface area contributed by atoms with E-state index < -0.39 is 0 Å². The van der Waals surface area contributed by atoms with Crippen molar-refractivity contribution in [2.45, 2.75) is 26.8 Å². The molecule has 0 aromatic carbocycles. The predicted molar refractivity (Wildman–Crippen MR) is 91.5 cm³/mol. The summed E-state index contributed by atoms with van der Waals surface area (Å²) in [6.07, 6.45) is 1.98. The van der Waals surface area contributed by atoms with E-state index in [1.165, 1.54) is 0 Å². The van der Waals surface area contributed by atoms with Gasteiger partial charge in [0.1, 0.15) is 0 Å². The normalized spacial score (nSPS) is 19.3. The van der Waals surface area contributed by atoms with Crippen LogP contribution >= 0.6 is 22.7 Å². The molecule has 0 radical (unpaired) electrons. The first-order valence-electron chi connectivity index (χ1n) is 7.36. The molecule has 4 heterocycles. The summed E-state index contributed by atoms with van der Waals surface area (Å²) in [5.74, 6) is 0. The van der Waals surface area contributed by atoms with Crippen LogP contribution in [0, 0.1) is 13.8 Å². The van der Waals surface area contributed by atoms with Gasteiger partial charge in [-0.15, -0.1) is 16.4 Å². The average molecular weight is 334 g/mol. The Morgan fingerprint density at radius 3 is 2.68 bits per heavy atom. The van der Waals surface area contributed by atoms with E-state index in [9.17, 15) is 0 Å². The zero-order valence-electron chi connectivity index (χ0n) is 12.9. The number of imidazole rings is 1. The Labute approximate surface area is 137 Å². The van der Waals surface area contributed by atoms with Crippen molar-refractivity contribution in [2.75, 3.05) is 29.4 Å². The average Bonchev–Trinajstić information content (AvgIpc) is 3.13. The van der Waals surface area contributed by atoms with Gasteiger partial charge in [-0.1, -0.05) is 11.3 Å². The fourth-order valence-corrected chi connectivity index (χ4v) is 4.71. The summed E-state index contributed by atoms with van der Waals surface area (Å²) < 4.78 is 1.89. The molecule has 1 saturated heterocycles. The number of rotatable bonds is 2. The van der Waals surface area contributed by atoms with Crippen LogP contribution in [0.25, 0.3) is 4.96 Å². The standard InChI is InChI=1S/C14H18N6S2/c1-9-6-20-13(15-9)22-14(17-20)18-4-5-19(11(3)7-18)12-16-10(2)8-21-12/h6,8,11H,4-5,7H2,1-3H3. The van der Waals surface area contributed by atoms with Crippen molar-refractivity contribution in [3.8, 4) is 0 Å². The zero-order valence-corrected chi connectivity index (χ0v) is 14.5. The Kier molecular flexibility index (Phi) is 3.30. The molecule has 6 nitrogen and oxygen atoms in total. The summed E-state index contributed by atoms with van der Waals surface area (Å²) in [6.45, 7) is 9.22. The van der Waals surface area contributed by atoms with Gasteiger partial charge in [-0.05, 0) is 20.8 Å². The fraction of sp³-hybridized carbons (Fsp3) is 0.500. The Morgan fingerprint density at radius 1 is 1.14 bits per heavy atom. The minimum atomic E-state index is 0.428. The number of aromatic nitrogens is 4. The molecule has 0 spiro atoms. The minimum absolute atomic E-state index is 0.428. The molecule has 1 atom stereocenters. The lowest BCUT2D eigenvalue weighted by Crippen LogP contribution is -2.52. The number of anilines is 2. The van der Waals surface area contributed by atoms with E-state index in [4.69, 9.17) is 0 Å². The maximum Gasteiger partial charge on any atom is 0.214 e. The summed E-state index contributed by atoms with van der Waals surface area (Å²) in [5, 5.41) is 8.97. The number of thiazole rings is 1. The van der Waals surface area contributed by atoms with Gasteiger partial charge >= 0.3 is 0 Å². The highest BCUT2D eigenvalue weighted by molar-refractivity contribution is 7.20. The highest BCUT2D eigenvalue weighted by Gasteiger charge is 2.27. The van der Waals surface area contributed by atoms with Gasteiger partial charge in [-0.2, -0.15) is 0 Å². The first-order chi connectivity index (χ1) is 10.6. The van der Waals surface area contributed by atoms with Crippen LogP contribution in [0.5, 0.6) is 0 Å². The lowest BCUT2D eigenvalue weighted by atomic mass is 10.2. The van der Waals surface area contributed by atoms with Gasteiger partial charge in [0.25, 0.3) is 0 Å². The number of hydrogen-bond acceptors (Lipinski definition) is 7. The molecule has 0 N–H and O–H groups in total. The van der Waals surface area contributed by atoms with Gasteiger partial charge < -0.3 is 9.80 Å². The molecule has 1 aliphatic heterocycles. The SMILES string of the molecule is Cc1csc(N2CCN(c3nn4cc(C)nc4s3)CC2C)n1. The molecular formula is C14H18N6S2. The molecule has 0 amide bonds. The molecular weight excluding hydrogens is 316 g/mol. The van der Waals surface area contributed by atoms with Crippen molar-refractivity contribution >= 4 is 37.9 Å². The van der Waals surface area contributed by atoms with Crippen molar-refractivity contribution in [1.82, 2.24) is 19.6 Å². The first kappa shape index (κ1) is 14.0. The quantitative estimate of drug-likeness (QED) is 0.721. The number of fused-ring (bicyclic) bond motifs is 1. The minimum Gasteiger partial charge on any atom is -0.343 e. The molecule has 1 unspecified atom stereocenters. The van der Waals surface area contributed by atoms with Crippen LogP contribution < -0.4 is 9.80 Å². The van der Waals surface area contributed by atoms with Gasteiger partial charge in [0.2, 0.25) is 10.1 Å². The number of aryl methyl sites for hydroxylation is 2. The van der Waals surface area contributed by atoms with Crippen LogP contribution in [0.3, 0.4) is 0 Å². The van der Waals surface area contributed by atoms with E-state index >= 15 is 0 Å². The van der Waals surface area contributed by atoms with Crippen molar-refractivity contribution in [1.29, 1.82) is 0 Å². The Bertz CT molecular complexity index is 772. The maximum absolute atomic E-state index is 4.66. The molecule has 1 fully saturated rings. The van der Waals surface area contributed by atoms with E-state index in [1.54, 1.807) is 22.7 Å². The highest BCUT2D eigenvalue weighted by atomic mass is 32.1.